The lowest BCUT2D eigenvalue weighted by molar-refractivity contribution is 0.354. The highest BCUT2D eigenvalue weighted by Gasteiger charge is 2.23. The molecule has 2 aromatic carbocycles. The SMILES string of the molecule is COc1cccc(-c2nc3n(n2)CCc2cc(OC)c(OC)cc2-3)c1. The van der Waals surface area contributed by atoms with Gasteiger partial charge in [-0.15, -0.1) is 0 Å². The van der Waals surface area contributed by atoms with Crippen LogP contribution in [0.15, 0.2) is 36.4 Å². The Morgan fingerprint density at radius 2 is 1.76 bits per heavy atom. The van der Waals surface area contributed by atoms with Crippen LogP contribution in [0.5, 0.6) is 17.2 Å². The summed E-state index contributed by atoms with van der Waals surface area (Å²) in [4.78, 5) is 4.77. The second-order valence-electron chi connectivity index (χ2n) is 5.83. The molecule has 0 saturated carbocycles. The van der Waals surface area contributed by atoms with E-state index in [0.717, 1.165) is 41.4 Å². The largest absolute Gasteiger partial charge is 0.497 e. The van der Waals surface area contributed by atoms with Crippen LogP contribution in [-0.2, 0) is 13.0 Å². The number of aromatic nitrogens is 3. The molecular weight excluding hydrogens is 318 g/mol. The predicted molar refractivity (Wildman–Crippen MR) is 94.3 cm³/mol. The Kier molecular flexibility index (Phi) is 3.80. The second-order valence-corrected chi connectivity index (χ2v) is 5.83. The minimum atomic E-state index is 0.691. The molecule has 0 bridgehead atoms. The van der Waals surface area contributed by atoms with E-state index in [2.05, 4.69) is 5.10 Å². The fourth-order valence-corrected chi connectivity index (χ4v) is 3.14. The maximum absolute atomic E-state index is 5.44. The summed E-state index contributed by atoms with van der Waals surface area (Å²) in [5, 5.41) is 4.67. The number of rotatable bonds is 4. The van der Waals surface area contributed by atoms with E-state index in [9.17, 15) is 0 Å². The molecule has 0 saturated heterocycles. The van der Waals surface area contributed by atoms with Gasteiger partial charge in [-0.1, -0.05) is 12.1 Å². The summed E-state index contributed by atoms with van der Waals surface area (Å²) in [6, 6.07) is 11.8. The molecule has 2 heterocycles. The molecule has 0 aliphatic carbocycles. The van der Waals surface area contributed by atoms with Crippen LogP contribution in [0.1, 0.15) is 5.56 Å². The van der Waals surface area contributed by atoms with Crippen molar-refractivity contribution in [3.8, 4) is 40.0 Å². The van der Waals surface area contributed by atoms with Crippen molar-refractivity contribution in [1.82, 2.24) is 14.8 Å². The normalized spacial score (nSPS) is 12.3. The van der Waals surface area contributed by atoms with Gasteiger partial charge in [-0.3, -0.25) is 0 Å². The van der Waals surface area contributed by atoms with Gasteiger partial charge in [-0.05, 0) is 36.2 Å². The molecule has 0 N–H and O–H groups in total. The van der Waals surface area contributed by atoms with Crippen molar-refractivity contribution in [3.63, 3.8) is 0 Å². The second kappa shape index (κ2) is 6.12. The maximum Gasteiger partial charge on any atom is 0.181 e. The number of benzene rings is 2. The van der Waals surface area contributed by atoms with Gasteiger partial charge in [0.2, 0.25) is 0 Å². The number of hydrogen-bond acceptors (Lipinski definition) is 5. The van der Waals surface area contributed by atoms with Gasteiger partial charge in [0, 0.05) is 17.7 Å². The molecule has 1 aliphatic rings. The minimum absolute atomic E-state index is 0.691. The van der Waals surface area contributed by atoms with Crippen LogP contribution in [0, 0.1) is 0 Å². The zero-order chi connectivity index (χ0) is 17.4. The highest BCUT2D eigenvalue weighted by Crippen LogP contribution is 2.38. The third kappa shape index (κ3) is 2.59. The molecular formula is C19H19N3O3. The number of aryl methyl sites for hydroxylation is 2. The van der Waals surface area contributed by atoms with Crippen LogP contribution in [0.25, 0.3) is 22.8 Å². The van der Waals surface area contributed by atoms with Crippen molar-refractivity contribution in [2.45, 2.75) is 13.0 Å². The van der Waals surface area contributed by atoms with Gasteiger partial charge in [-0.2, -0.15) is 5.10 Å². The monoisotopic (exact) mass is 337 g/mol. The zero-order valence-corrected chi connectivity index (χ0v) is 14.4. The lowest BCUT2D eigenvalue weighted by Crippen LogP contribution is -2.12. The van der Waals surface area contributed by atoms with Gasteiger partial charge in [0.1, 0.15) is 5.75 Å². The van der Waals surface area contributed by atoms with E-state index in [1.54, 1.807) is 21.3 Å². The van der Waals surface area contributed by atoms with Gasteiger partial charge in [0.15, 0.2) is 23.1 Å². The summed E-state index contributed by atoms with van der Waals surface area (Å²) < 4.78 is 18.1. The standard InChI is InChI=1S/C19H19N3O3/c1-23-14-6-4-5-13(9-14)18-20-19-15-11-17(25-3)16(24-2)10-12(15)7-8-22(19)21-18/h4-6,9-11H,7-8H2,1-3H3. The van der Waals surface area contributed by atoms with Gasteiger partial charge in [0.25, 0.3) is 0 Å². The van der Waals surface area contributed by atoms with Crippen molar-refractivity contribution in [3.05, 3.63) is 42.0 Å². The Labute approximate surface area is 146 Å². The van der Waals surface area contributed by atoms with Crippen LogP contribution in [0.4, 0.5) is 0 Å². The first-order chi connectivity index (χ1) is 12.2. The molecule has 3 aromatic rings. The molecule has 6 heteroatoms. The molecule has 25 heavy (non-hydrogen) atoms. The van der Waals surface area contributed by atoms with Crippen LogP contribution >= 0.6 is 0 Å². The molecule has 0 radical (unpaired) electrons. The number of nitrogens with zero attached hydrogens (tertiary/aromatic N) is 3. The summed E-state index contributed by atoms with van der Waals surface area (Å²) in [5.74, 6) is 3.76. The molecule has 0 spiro atoms. The summed E-state index contributed by atoms with van der Waals surface area (Å²) in [6.07, 6.45) is 0.879. The van der Waals surface area contributed by atoms with Crippen LogP contribution in [0.2, 0.25) is 0 Å². The fraction of sp³-hybridized carbons (Fsp3) is 0.263. The van der Waals surface area contributed by atoms with E-state index >= 15 is 0 Å². The Morgan fingerprint density at radius 1 is 0.960 bits per heavy atom. The minimum Gasteiger partial charge on any atom is -0.497 e. The van der Waals surface area contributed by atoms with Crippen molar-refractivity contribution in [2.24, 2.45) is 0 Å². The highest BCUT2D eigenvalue weighted by molar-refractivity contribution is 5.70. The van der Waals surface area contributed by atoms with E-state index in [4.69, 9.17) is 19.2 Å². The van der Waals surface area contributed by atoms with E-state index in [1.165, 1.54) is 5.56 Å². The van der Waals surface area contributed by atoms with Gasteiger partial charge in [0.05, 0.1) is 21.3 Å². The number of methoxy groups -OCH3 is 3. The lowest BCUT2D eigenvalue weighted by atomic mass is 10.00. The highest BCUT2D eigenvalue weighted by atomic mass is 16.5. The van der Waals surface area contributed by atoms with E-state index in [-0.39, 0.29) is 0 Å². The average Bonchev–Trinajstić information content (AvgIpc) is 3.11. The molecule has 6 nitrogen and oxygen atoms in total. The van der Waals surface area contributed by atoms with Gasteiger partial charge < -0.3 is 14.2 Å². The molecule has 128 valence electrons. The maximum atomic E-state index is 5.44. The van der Waals surface area contributed by atoms with E-state index < -0.39 is 0 Å². The van der Waals surface area contributed by atoms with Crippen LogP contribution in [-0.4, -0.2) is 36.1 Å². The van der Waals surface area contributed by atoms with Crippen molar-refractivity contribution < 1.29 is 14.2 Å². The smallest absolute Gasteiger partial charge is 0.181 e. The van der Waals surface area contributed by atoms with Crippen molar-refractivity contribution >= 4 is 0 Å². The first kappa shape index (κ1) is 15.5. The molecule has 0 fully saturated rings. The summed E-state index contributed by atoms with van der Waals surface area (Å²) in [7, 11) is 4.94. The summed E-state index contributed by atoms with van der Waals surface area (Å²) >= 11 is 0. The summed E-state index contributed by atoms with van der Waals surface area (Å²) in [6.45, 7) is 0.786. The van der Waals surface area contributed by atoms with E-state index in [1.807, 2.05) is 41.1 Å². The first-order valence-corrected chi connectivity index (χ1v) is 8.08. The van der Waals surface area contributed by atoms with E-state index in [0.29, 0.717) is 11.6 Å². The van der Waals surface area contributed by atoms with Crippen LogP contribution < -0.4 is 14.2 Å². The first-order valence-electron chi connectivity index (χ1n) is 8.08. The van der Waals surface area contributed by atoms with Crippen molar-refractivity contribution in [1.29, 1.82) is 0 Å². The Hall–Kier alpha value is -3.02. The number of hydrogen-bond donors (Lipinski definition) is 0. The fourth-order valence-electron chi connectivity index (χ4n) is 3.14. The van der Waals surface area contributed by atoms with Crippen LogP contribution in [0.3, 0.4) is 0 Å². The topological polar surface area (TPSA) is 58.4 Å². The summed E-state index contributed by atoms with van der Waals surface area (Å²) in [5.41, 5.74) is 3.16. The molecule has 1 aromatic heterocycles. The van der Waals surface area contributed by atoms with Gasteiger partial charge >= 0.3 is 0 Å². The molecule has 0 unspecified atom stereocenters. The Morgan fingerprint density at radius 3 is 2.52 bits per heavy atom. The third-order valence-electron chi connectivity index (χ3n) is 4.44. The zero-order valence-electron chi connectivity index (χ0n) is 14.4. The predicted octanol–water partition coefficient (Wildman–Crippen LogP) is 3.19. The molecule has 0 atom stereocenters. The third-order valence-corrected chi connectivity index (χ3v) is 4.44. The molecule has 0 amide bonds. The Bertz CT molecular complexity index is 934. The van der Waals surface area contributed by atoms with Crippen molar-refractivity contribution in [2.75, 3.05) is 21.3 Å². The molecule has 1 aliphatic heterocycles. The quantitative estimate of drug-likeness (QED) is 0.732. The number of ether oxygens (including phenoxy) is 3. The number of fused-ring (bicyclic) bond motifs is 3. The van der Waals surface area contributed by atoms with Gasteiger partial charge in [-0.25, -0.2) is 9.67 Å². The Balaban J connectivity index is 1.82. The lowest BCUT2D eigenvalue weighted by Gasteiger charge is -2.19. The molecule has 4 rings (SSSR count). The average molecular weight is 337 g/mol.